The van der Waals surface area contributed by atoms with E-state index in [4.69, 9.17) is 4.74 Å². The third-order valence-corrected chi connectivity index (χ3v) is 4.79. The first-order chi connectivity index (χ1) is 12.7. The largest absolute Gasteiger partial charge is 0.497 e. The number of hydrogen-bond acceptors (Lipinski definition) is 5. The smallest absolute Gasteiger partial charge is 0.251 e. The van der Waals surface area contributed by atoms with Gasteiger partial charge in [0, 0.05) is 17.9 Å². The number of hydrogen-bond donors (Lipinski definition) is 2. The Kier molecular flexibility index (Phi) is 6.27. The van der Waals surface area contributed by atoms with E-state index in [2.05, 4.69) is 20.5 Å². The molecule has 0 aliphatic heterocycles. The second-order valence-electron chi connectivity index (χ2n) is 5.63. The number of carbonyl (C=O) groups excluding carboxylic acids is 1. The van der Waals surface area contributed by atoms with Crippen molar-refractivity contribution in [3.63, 3.8) is 0 Å². The van der Waals surface area contributed by atoms with Crippen LogP contribution < -0.4 is 10.1 Å². The molecule has 0 saturated carbocycles. The molecule has 3 aromatic rings. The summed E-state index contributed by atoms with van der Waals surface area (Å²) in [5, 5.41) is 10.4. The van der Waals surface area contributed by atoms with Crippen molar-refractivity contribution in [2.45, 2.75) is 17.3 Å². The molecule has 0 aliphatic carbocycles. The summed E-state index contributed by atoms with van der Waals surface area (Å²) < 4.78 is 5.14. The van der Waals surface area contributed by atoms with Gasteiger partial charge >= 0.3 is 0 Å². The summed E-state index contributed by atoms with van der Waals surface area (Å²) in [6.45, 7) is 0.592. The van der Waals surface area contributed by atoms with Gasteiger partial charge < -0.3 is 10.1 Å². The first-order valence-electron chi connectivity index (χ1n) is 8.23. The second-order valence-corrected chi connectivity index (χ2v) is 6.59. The molecule has 2 aromatic carbocycles. The summed E-state index contributed by atoms with van der Waals surface area (Å²) in [6, 6.07) is 15.5. The Balaban J connectivity index is 1.45. The number of thioether (sulfide) groups is 1. The topological polar surface area (TPSA) is 79.9 Å². The number of rotatable bonds is 8. The highest BCUT2D eigenvalue weighted by molar-refractivity contribution is 7.98. The predicted octanol–water partition coefficient (Wildman–Crippen LogP) is 3.08. The molecular formula is C19H20N4O2S. The molecule has 1 amide bonds. The van der Waals surface area contributed by atoms with Gasteiger partial charge in [0.2, 0.25) is 0 Å². The Bertz CT molecular complexity index is 818. The Labute approximate surface area is 156 Å². The van der Waals surface area contributed by atoms with Crippen molar-refractivity contribution in [2.24, 2.45) is 0 Å². The lowest BCUT2D eigenvalue weighted by atomic mass is 10.1. The van der Waals surface area contributed by atoms with E-state index in [9.17, 15) is 4.79 Å². The van der Waals surface area contributed by atoms with Crippen LogP contribution in [0.3, 0.4) is 0 Å². The molecule has 1 aromatic heterocycles. The van der Waals surface area contributed by atoms with E-state index in [-0.39, 0.29) is 5.91 Å². The standard InChI is InChI=1S/C19H20N4O2S/c1-25-17-8-4-14(5-9-17)10-11-20-18(24)16-6-2-15(3-7-16)12-26-19-21-13-22-23-19/h2-9,13H,10-12H2,1H3,(H,20,24)(H,21,22,23). The number of benzene rings is 2. The minimum atomic E-state index is -0.0621. The minimum absolute atomic E-state index is 0.0621. The summed E-state index contributed by atoms with van der Waals surface area (Å²) in [4.78, 5) is 16.3. The molecule has 0 unspecified atom stereocenters. The lowest BCUT2D eigenvalue weighted by Gasteiger charge is -2.07. The third-order valence-electron chi connectivity index (χ3n) is 3.84. The maximum Gasteiger partial charge on any atom is 0.251 e. The Morgan fingerprint density at radius 2 is 1.85 bits per heavy atom. The van der Waals surface area contributed by atoms with Crippen LogP contribution >= 0.6 is 11.8 Å². The Morgan fingerprint density at radius 3 is 2.50 bits per heavy atom. The summed E-state index contributed by atoms with van der Waals surface area (Å²) in [6.07, 6.45) is 2.27. The van der Waals surface area contributed by atoms with E-state index in [0.717, 1.165) is 34.2 Å². The molecule has 3 rings (SSSR count). The number of H-pyrrole nitrogens is 1. The average molecular weight is 368 g/mol. The highest BCUT2D eigenvalue weighted by atomic mass is 32.2. The van der Waals surface area contributed by atoms with Crippen LogP contribution in [-0.2, 0) is 12.2 Å². The van der Waals surface area contributed by atoms with E-state index in [1.165, 1.54) is 6.33 Å². The molecule has 6 nitrogen and oxygen atoms in total. The summed E-state index contributed by atoms with van der Waals surface area (Å²) in [5.74, 6) is 1.54. The number of methoxy groups -OCH3 is 1. The average Bonchev–Trinajstić information content (AvgIpc) is 3.21. The van der Waals surface area contributed by atoms with Crippen molar-refractivity contribution < 1.29 is 9.53 Å². The maximum absolute atomic E-state index is 12.2. The van der Waals surface area contributed by atoms with Gasteiger partial charge in [-0.1, -0.05) is 36.0 Å². The zero-order chi connectivity index (χ0) is 18.2. The van der Waals surface area contributed by atoms with Crippen molar-refractivity contribution in [2.75, 3.05) is 13.7 Å². The summed E-state index contributed by atoms with van der Waals surface area (Å²) in [5.41, 5.74) is 2.94. The lowest BCUT2D eigenvalue weighted by molar-refractivity contribution is 0.0954. The van der Waals surface area contributed by atoms with Crippen LogP contribution in [0.4, 0.5) is 0 Å². The van der Waals surface area contributed by atoms with Crippen LogP contribution in [0.15, 0.2) is 60.0 Å². The summed E-state index contributed by atoms with van der Waals surface area (Å²) in [7, 11) is 1.65. The van der Waals surface area contributed by atoms with E-state index in [1.54, 1.807) is 18.9 Å². The van der Waals surface area contributed by atoms with Crippen molar-refractivity contribution in [1.82, 2.24) is 20.5 Å². The normalized spacial score (nSPS) is 10.5. The molecule has 1 heterocycles. The fourth-order valence-electron chi connectivity index (χ4n) is 2.38. The molecule has 134 valence electrons. The molecular weight excluding hydrogens is 348 g/mol. The van der Waals surface area contributed by atoms with Gasteiger partial charge in [-0.15, -0.1) is 0 Å². The molecule has 0 radical (unpaired) electrons. The number of aromatic nitrogens is 3. The van der Waals surface area contributed by atoms with Crippen molar-refractivity contribution >= 4 is 17.7 Å². The van der Waals surface area contributed by atoms with E-state index in [0.29, 0.717) is 12.1 Å². The van der Waals surface area contributed by atoms with Crippen molar-refractivity contribution in [1.29, 1.82) is 0 Å². The van der Waals surface area contributed by atoms with Crippen molar-refractivity contribution in [3.05, 3.63) is 71.5 Å². The van der Waals surface area contributed by atoms with Gasteiger partial charge in [-0.05, 0) is 41.8 Å². The van der Waals surface area contributed by atoms with Gasteiger partial charge in [0.25, 0.3) is 5.91 Å². The highest BCUT2D eigenvalue weighted by Crippen LogP contribution is 2.18. The molecule has 0 saturated heterocycles. The van der Waals surface area contributed by atoms with Crippen LogP contribution in [0.25, 0.3) is 0 Å². The minimum Gasteiger partial charge on any atom is -0.497 e. The SMILES string of the molecule is COc1ccc(CCNC(=O)c2ccc(CSc3ncn[nH]3)cc2)cc1. The second kappa shape index (κ2) is 9.05. The molecule has 0 fully saturated rings. The van der Waals surface area contributed by atoms with Gasteiger partial charge in [-0.2, -0.15) is 5.10 Å². The number of nitrogens with one attached hydrogen (secondary N) is 2. The fraction of sp³-hybridized carbons (Fsp3) is 0.211. The van der Waals surface area contributed by atoms with Gasteiger partial charge in [0.05, 0.1) is 7.11 Å². The first-order valence-corrected chi connectivity index (χ1v) is 9.21. The Morgan fingerprint density at radius 1 is 1.12 bits per heavy atom. The number of nitrogens with zero attached hydrogens (tertiary/aromatic N) is 2. The van der Waals surface area contributed by atoms with Gasteiger partial charge in [0.1, 0.15) is 12.1 Å². The zero-order valence-corrected chi connectivity index (χ0v) is 15.3. The number of aromatic amines is 1. The van der Waals surface area contributed by atoms with Gasteiger partial charge in [-0.3, -0.25) is 9.89 Å². The predicted molar refractivity (Wildman–Crippen MR) is 101 cm³/mol. The van der Waals surface area contributed by atoms with E-state index >= 15 is 0 Å². The Hall–Kier alpha value is -2.80. The molecule has 7 heteroatoms. The molecule has 0 spiro atoms. The molecule has 26 heavy (non-hydrogen) atoms. The lowest BCUT2D eigenvalue weighted by Crippen LogP contribution is -2.25. The van der Waals surface area contributed by atoms with Gasteiger partial charge in [-0.25, -0.2) is 4.98 Å². The monoisotopic (exact) mass is 368 g/mol. The van der Waals surface area contributed by atoms with E-state index < -0.39 is 0 Å². The first kappa shape index (κ1) is 18.0. The molecule has 2 N–H and O–H groups in total. The molecule has 0 atom stereocenters. The fourth-order valence-corrected chi connectivity index (χ4v) is 3.12. The number of amides is 1. The summed E-state index contributed by atoms with van der Waals surface area (Å²) >= 11 is 1.57. The van der Waals surface area contributed by atoms with Crippen LogP contribution in [0.2, 0.25) is 0 Å². The van der Waals surface area contributed by atoms with Crippen LogP contribution in [0, 0.1) is 0 Å². The number of ether oxygens (including phenoxy) is 1. The van der Waals surface area contributed by atoms with Crippen molar-refractivity contribution in [3.8, 4) is 5.75 Å². The van der Waals surface area contributed by atoms with Crippen LogP contribution in [-0.4, -0.2) is 34.7 Å². The number of carbonyl (C=O) groups is 1. The van der Waals surface area contributed by atoms with E-state index in [1.807, 2.05) is 48.5 Å². The van der Waals surface area contributed by atoms with Gasteiger partial charge in [0.15, 0.2) is 5.16 Å². The quantitative estimate of drug-likeness (QED) is 0.597. The molecule has 0 bridgehead atoms. The van der Waals surface area contributed by atoms with Crippen LogP contribution in [0.1, 0.15) is 21.5 Å². The zero-order valence-electron chi connectivity index (χ0n) is 14.4. The van der Waals surface area contributed by atoms with Crippen LogP contribution in [0.5, 0.6) is 5.75 Å². The highest BCUT2D eigenvalue weighted by Gasteiger charge is 2.06. The molecule has 0 aliphatic rings. The third kappa shape index (κ3) is 5.10. The maximum atomic E-state index is 12.2.